The number of nitrogens with zero attached hydrogens (tertiary/aromatic N) is 1. The van der Waals surface area contributed by atoms with Crippen molar-refractivity contribution in [3.8, 4) is 11.3 Å². The molecule has 1 aromatic heterocycles. The van der Waals surface area contributed by atoms with E-state index in [0.717, 1.165) is 22.0 Å². The lowest BCUT2D eigenvalue weighted by molar-refractivity contribution is 0.112. The minimum Gasteiger partial charge on any atom is -0.298 e. The van der Waals surface area contributed by atoms with Crippen molar-refractivity contribution < 1.29 is 4.79 Å². The molecule has 0 amide bonds. The third-order valence-electron chi connectivity index (χ3n) is 2.06. The fraction of sp³-hybridized carbons (Fsp3) is 0. The van der Waals surface area contributed by atoms with Crippen molar-refractivity contribution in [2.75, 3.05) is 0 Å². The van der Waals surface area contributed by atoms with Crippen molar-refractivity contribution >= 4 is 22.2 Å². The lowest BCUT2D eigenvalue weighted by atomic mass is 10.1. The van der Waals surface area contributed by atoms with Crippen LogP contribution in [0, 0.1) is 0 Å². The van der Waals surface area contributed by atoms with E-state index in [1.54, 1.807) is 18.3 Å². The van der Waals surface area contributed by atoms with Crippen LogP contribution in [0.5, 0.6) is 0 Å². The summed E-state index contributed by atoms with van der Waals surface area (Å²) in [5, 5.41) is 0. The zero-order valence-electron chi connectivity index (χ0n) is 7.85. The smallest absolute Gasteiger partial charge is 0.150 e. The van der Waals surface area contributed by atoms with E-state index in [1.165, 1.54) is 0 Å². The third kappa shape index (κ3) is 2.30. The highest BCUT2D eigenvalue weighted by Crippen LogP contribution is 2.20. The maximum atomic E-state index is 10.6. The first-order chi connectivity index (χ1) is 7.29. The van der Waals surface area contributed by atoms with Crippen LogP contribution in [-0.2, 0) is 0 Å². The first kappa shape index (κ1) is 10.1. The lowest BCUT2D eigenvalue weighted by Crippen LogP contribution is -1.86. The summed E-state index contributed by atoms with van der Waals surface area (Å²) in [5.74, 6) is 0. The molecule has 0 aliphatic carbocycles. The zero-order chi connectivity index (χ0) is 10.7. The van der Waals surface area contributed by atoms with E-state index in [4.69, 9.17) is 0 Å². The number of benzene rings is 1. The van der Waals surface area contributed by atoms with Crippen LogP contribution in [0.3, 0.4) is 0 Å². The van der Waals surface area contributed by atoms with Gasteiger partial charge in [0, 0.05) is 21.8 Å². The normalized spacial score (nSPS) is 9.93. The summed E-state index contributed by atoms with van der Waals surface area (Å²) >= 11 is 3.37. The van der Waals surface area contributed by atoms with E-state index in [-0.39, 0.29) is 0 Å². The standard InChI is InChI=1S/C12H8BrNO/c13-11-3-1-10(2-4-11)12-7-9(8-15)5-6-14-12/h1-8H. The van der Waals surface area contributed by atoms with E-state index >= 15 is 0 Å². The number of aromatic nitrogens is 1. The molecule has 15 heavy (non-hydrogen) atoms. The summed E-state index contributed by atoms with van der Waals surface area (Å²) in [6.07, 6.45) is 2.46. The Morgan fingerprint density at radius 2 is 1.87 bits per heavy atom. The van der Waals surface area contributed by atoms with Crippen LogP contribution in [0.1, 0.15) is 10.4 Å². The molecule has 0 radical (unpaired) electrons. The molecule has 0 aliphatic rings. The average molecular weight is 262 g/mol. The number of hydrogen-bond donors (Lipinski definition) is 0. The summed E-state index contributed by atoms with van der Waals surface area (Å²) in [6, 6.07) is 11.3. The molecule has 74 valence electrons. The lowest BCUT2D eigenvalue weighted by Gasteiger charge is -2.01. The van der Waals surface area contributed by atoms with Gasteiger partial charge in [0.15, 0.2) is 0 Å². The monoisotopic (exact) mass is 261 g/mol. The van der Waals surface area contributed by atoms with Gasteiger partial charge in [-0.15, -0.1) is 0 Å². The Labute approximate surface area is 96.1 Å². The number of rotatable bonds is 2. The highest BCUT2D eigenvalue weighted by Gasteiger charge is 1.99. The molecule has 0 aliphatic heterocycles. The average Bonchev–Trinajstić information content (AvgIpc) is 2.30. The molecule has 0 N–H and O–H groups in total. The van der Waals surface area contributed by atoms with Crippen LogP contribution < -0.4 is 0 Å². The van der Waals surface area contributed by atoms with Crippen LogP contribution in [0.15, 0.2) is 47.1 Å². The molecule has 0 unspecified atom stereocenters. The molecule has 0 saturated heterocycles. The number of carbonyl (C=O) groups excluding carboxylic acids is 1. The summed E-state index contributed by atoms with van der Waals surface area (Å²) in [7, 11) is 0. The Morgan fingerprint density at radius 1 is 1.13 bits per heavy atom. The Kier molecular flexibility index (Phi) is 2.92. The molecule has 1 aromatic carbocycles. The minimum absolute atomic E-state index is 0.642. The first-order valence-corrected chi connectivity index (χ1v) is 5.26. The third-order valence-corrected chi connectivity index (χ3v) is 2.59. The van der Waals surface area contributed by atoms with Gasteiger partial charge in [0.25, 0.3) is 0 Å². The van der Waals surface area contributed by atoms with Crippen LogP contribution in [-0.4, -0.2) is 11.3 Å². The van der Waals surface area contributed by atoms with E-state index in [2.05, 4.69) is 20.9 Å². The van der Waals surface area contributed by atoms with Crippen LogP contribution in [0.25, 0.3) is 11.3 Å². The molecule has 0 atom stereocenters. The van der Waals surface area contributed by atoms with Crippen molar-refractivity contribution in [1.82, 2.24) is 4.98 Å². The second-order valence-electron chi connectivity index (χ2n) is 3.10. The van der Waals surface area contributed by atoms with Crippen LogP contribution >= 0.6 is 15.9 Å². The molecule has 0 spiro atoms. The SMILES string of the molecule is O=Cc1ccnc(-c2ccc(Br)cc2)c1. The van der Waals surface area contributed by atoms with Gasteiger partial charge in [-0.05, 0) is 24.3 Å². The Bertz CT molecular complexity index is 479. The summed E-state index contributed by atoms with van der Waals surface area (Å²) in [4.78, 5) is 14.8. The van der Waals surface area contributed by atoms with Gasteiger partial charge in [-0.1, -0.05) is 28.1 Å². The molecular weight excluding hydrogens is 254 g/mol. The van der Waals surface area contributed by atoms with Crippen molar-refractivity contribution in [2.24, 2.45) is 0 Å². The largest absolute Gasteiger partial charge is 0.298 e. The number of halogens is 1. The van der Waals surface area contributed by atoms with Gasteiger partial charge in [-0.3, -0.25) is 9.78 Å². The Morgan fingerprint density at radius 3 is 2.53 bits per heavy atom. The Hall–Kier alpha value is -1.48. The maximum Gasteiger partial charge on any atom is 0.150 e. The maximum absolute atomic E-state index is 10.6. The molecule has 1 heterocycles. The highest BCUT2D eigenvalue weighted by atomic mass is 79.9. The van der Waals surface area contributed by atoms with Crippen molar-refractivity contribution in [3.05, 3.63) is 52.6 Å². The molecular formula is C12H8BrNO. The molecule has 0 bridgehead atoms. The molecule has 2 aromatic rings. The van der Waals surface area contributed by atoms with Gasteiger partial charge >= 0.3 is 0 Å². The predicted molar refractivity (Wildman–Crippen MR) is 62.8 cm³/mol. The van der Waals surface area contributed by atoms with Crippen LogP contribution in [0.2, 0.25) is 0 Å². The van der Waals surface area contributed by atoms with E-state index in [9.17, 15) is 4.79 Å². The molecule has 0 fully saturated rings. The first-order valence-electron chi connectivity index (χ1n) is 4.47. The predicted octanol–water partition coefficient (Wildman–Crippen LogP) is 3.32. The number of aldehydes is 1. The van der Waals surface area contributed by atoms with E-state index in [1.807, 2.05) is 24.3 Å². The topological polar surface area (TPSA) is 30.0 Å². The van der Waals surface area contributed by atoms with Gasteiger partial charge in [-0.25, -0.2) is 0 Å². The summed E-state index contributed by atoms with van der Waals surface area (Å²) < 4.78 is 1.03. The fourth-order valence-corrected chi connectivity index (χ4v) is 1.56. The fourth-order valence-electron chi connectivity index (χ4n) is 1.30. The second kappa shape index (κ2) is 4.36. The number of carbonyl (C=O) groups is 1. The summed E-state index contributed by atoms with van der Waals surface area (Å²) in [5.41, 5.74) is 2.46. The van der Waals surface area contributed by atoms with E-state index < -0.39 is 0 Å². The quantitative estimate of drug-likeness (QED) is 0.777. The van der Waals surface area contributed by atoms with Crippen molar-refractivity contribution in [1.29, 1.82) is 0 Å². The molecule has 2 nitrogen and oxygen atoms in total. The van der Waals surface area contributed by atoms with Gasteiger partial charge in [0.1, 0.15) is 6.29 Å². The zero-order valence-corrected chi connectivity index (χ0v) is 9.44. The van der Waals surface area contributed by atoms with Crippen molar-refractivity contribution in [2.45, 2.75) is 0 Å². The van der Waals surface area contributed by atoms with Gasteiger partial charge < -0.3 is 0 Å². The van der Waals surface area contributed by atoms with Crippen LogP contribution in [0.4, 0.5) is 0 Å². The molecule has 0 saturated carbocycles. The summed E-state index contributed by atoms with van der Waals surface area (Å²) in [6.45, 7) is 0. The van der Waals surface area contributed by atoms with E-state index in [0.29, 0.717) is 5.56 Å². The van der Waals surface area contributed by atoms with Gasteiger partial charge in [0.2, 0.25) is 0 Å². The minimum atomic E-state index is 0.642. The second-order valence-corrected chi connectivity index (χ2v) is 4.01. The number of pyridine rings is 1. The Balaban J connectivity index is 2.44. The molecule has 3 heteroatoms. The van der Waals surface area contributed by atoms with Crippen molar-refractivity contribution in [3.63, 3.8) is 0 Å². The van der Waals surface area contributed by atoms with Gasteiger partial charge in [-0.2, -0.15) is 0 Å². The van der Waals surface area contributed by atoms with Gasteiger partial charge in [0.05, 0.1) is 5.69 Å². The molecule has 2 rings (SSSR count). The number of hydrogen-bond acceptors (Lipinski definition) is 2. The highest BCUT2D eigenvalue weighted by molar-refractivity contribution is 9.10.